The highest BCUT2D eigenvalue weighted by Crippen LogP contribution is 2.15. The van der Waals surface area contributed by atoms with Crippen molar-refractivity contribution in [2.45, 2.75) is 26.4 Å². The van der Waals surface area contributed by atoms with E-state index in [4.69, 9.17) is 9.47 Å². The van der Waals surface area contributed by atoms with E-state index >= 15 is 0 Å². The van der Waals surface area contributed by atoms with Gasteiger partial charge in [0.2, 0.25) is 0 Å². The molecule has 1 aromatic rings. The van der Waals surface area contributed by atoms with Crippen molar-refractivity contribution in [2.24, 2.45) is 0 Å². The van der Waals surface area contributed by atoms with Crippen LogP contribution in [0.2, 0.25) is 0 Å². The summed E-state index contributed by atoms with van der Waals surface area (Å²) in [4.78, 5) is 11.4. The molecule has 0 fully saturated rings. The lowest BCUT2D eigenvalue weighted by molar-refractivity contribution is 0.0206. The third-order valence-electron chi connectivity index (χ3n) is 1.74. The van der Waals surface area contributed by atoms with Crippen LogP contribution in [0.3, 0.4) is 0 Å². The normalized spacial score (nSPS) is 10.3. The van der Waals surface area contributed by atoms with Gasteiger partial charge in [-0.05, 0) is 44.5 Å². The maximum absolute atomic E-state index is 11.4. The predicted octanol–water partition coefficient (Wildman–Crippen LogP) is 3.80. The summed E-state index contributed by atoms with van der Waals surface area (Å²) in [6, 6.07) is 6.98. The molecule has 0 amide bonds. The molecule has 0 atom stereocenters. The Balaban J connectivity index is 2.63. The number of hydrogen-bond donors (Lipinski definition) is 0. The SMILES string of the molecule is C=C=Cc1ccc(OC(=O)OC(C)(C)C)cc1. The molecule has 0 aliphatic heterocycles. The minimum atomic E-state index is -0.704. The van der Waals surface area contributed by atoms with Gasteiger partial charge in [0.05, 0.1) is 0 Å². The summed E-state index contributed by atoms with van der Waals surface area (Å²) in [5.41, 5.74) is 3.06. The summed E-state index contributed by atoms with van der Waals surface area (Å²) in [6.07, 6.45) is 1.03. The summed E-state index contributed by atoms with van der Waals surface area (Å²) in [5.74, 6) is 0.445. The first-order valence-corrected chi connectivity index (χ1v) is 5.27. The van der Waals surface area contributed by atoms with Crippen molar-refractivity contribution in [3.05, 3.63) is 42.1 Å². The van der Waals surface area contributed by atoms with Crippen LogP contribution in [0.1, 0.15) is 26.3 Å². The lowest BCUT2D eigenvalue weighted by atomic mass is 10.2. The summed E-state index contributed by atoms with van der Waals surface area (Å²) in [5, 5.41) is 0. The van der Waals surface area contributed by atoms with E-state index in [0.717, 1.165) is 5.56 Å². The van der Waals surface area contributed by atoms with Gasteiger partial charge in [0.25, 0.3) is 0 Å². The third-order valence-corrected chi connectivity index (χ3v) is 1.74. The van der Waals surface area contributed by atoms with Crippen molar-refractivity contribution in [1.82, 2.24) is 0 Å². The molecular weight excluding hydrogens is 216 g/mol. The molecule has 0 aliphatic rings. The Bertz CT molecular complexity index is 432. The van der Waals surface area contributed by atoms with Crippen LogP contribution in [0.4, 0.5) is 4.79 Å². The molecular formula is C14H16O3. The summed E-state index contributed by atoms with van der Waals surface area (Å²) in [6.45, 7) is 8.83. The Hall–Kier alpha value is -1.99. The fourth-order valence-electron chi connectivity index (χ4n) is 1.12. The molecule has 90 valence electrons. The van der Waals surface area contributed by atoms with Gasteiger partial charge in [-0.25, -0.2) is 4.79 Å². The van der Waals surface area contributed by atoms with Crippen molar-refractivity contribution in [3.8, 4) is 5.75 Å². The van der Waals surface area contributed by atoms with E-state index < -0.39 is 11.8 Å². The van der Waals surface area contributed by atoms with Crippen LogP contribution < -0.4 is 4.74 Å². The number of rotatable bonds is 2. The summed E-state index contributed by atoms with van der Waals surface area (Å²) in [7, 11) is 0. The molecule has 17 heavy (non-hydrogen) atoms. The first-order valence-electron chi connectivity index (χ1n) is 5.27. The quantitative estimate of drug-likeness (QED) is 0.442. The maximum atomic E-state index is 11.4. The van der Waals surface area contributed by atoms with E-state index in [2.05, 4.69) is 12.3 Å². The second-order valence-corrected chi connectivity index (χ2v) is 4.48. The van der Waals surface area contributed by atoms with E-state index in [1.165, 1.54) is 0 Å². The molecule has 0 aromatic heterocycles. The average Bonchev–Trinajstić information content (AvgIpc) is 2.18. The third kappa shape index (κ3) is 5.05. The molecule has 1 rings (SSSR count). The topological polar surface area (TPSA) is 35.5 Å². The fraction of sp³-hybridized carbons (Fsp3) is 0.286. The van der Waals surface area contributed by atoms with Crippen molar-refractivity contribution < 1.29 is 14.3 Å². The molecule has 0 saturated carbocycles. The van der Waals surface area contributed by atoms with Crippen LogP contribution in [0.5, 0.6) is 5.75 Å². The van der Waals surface area contributed by atoms with E-state index in [-0.39, 0.29) is 0 Å². The Morgan fingerprint density at radius 1 is 1.29 bits per heavy atom. The van der Waals surface area contributed by atoms with Crippen LogP contribution in [0.25, 0.3) is 6.08 Å². The zero-order valence-corrected chi connectivity index (χ0v) is 10.3. The smallest absolute Gasteiger partial charge is 0.428 e. The summed E-state index contributed by atoms with van der Waals surface area (Å²) < 4.78 is 10.0. The van der Waals surface area contributed by atoms with Crippen LogP contribution >= 0.6 is 0 Å². The van der Waals surface area contributed by atoms with Gasteiger partial charge in [0.15, 0.2) is 0 Å². The second-order valence-electron chi connectivity index (χ2n) is 4.48. The number of ether oxygens (including phenoxy) is 2. The number of hydrogen-bond acceptors (Lipinski definition) is 3. The highest BCUT2D eigenvalue weighted by atomic mass is 16.7. The van der Waals surface area contributed by atoms with Gasteiger partial charge < -0.3 is 9.47 Å². The molecule has 0 N–H and O–H groups in total. The molecule has 0 unspecified atom stereocenters. The van der Waals surface area contributed by atoms with E-state index in [1.807, 2.05) is 0 Å². The Morgan fingerprint density at radius 3 is 2.35 bits per heavy atom. The molecule has 0 heterocycles. The van der Waals surface area contributed by atoms with Gasteiger partial charge in [-0.1, -0.05) is 18.7 Å². The number of carbonyl (C=O) groups is 1. The molecule has 0 aliphatic carbocycles. The van der Waals surface area contributed by atoms with E-state index in [9.17, 15) is 4.79 Å². The average molecular weight is 232 g/mol. The van der Waals surface area contributed by atoms with Crippen LogP contribution in [-0.2, 0) is 4.74 Å². The minimum absolute atomic E-state index is 0.445. The van der Waals surface area contributed by atoms with Crippen LogP contribution in [0, 0.1) is 0 Å². The highest BCUT2D eigenvalue weighted by Gasteiger charge is 2.17. The largest absolute Gasteiger partial charge is 0.514 e. The first-order chi connectivity index (χ1) is 7.90. The molecule has 0 radical (unpaired) electrons. The van der Waals surface area contributed by atoms with Gasteiger partial charge in [-0.2, -0.15) is 0 Å². The fourth-order valence-corrected chi connectivity index (χ4v) is 1.12. The molecule has 3 heteroatoms. The zero-order chi connectivity index (χ0) is 12.9. The molecule has 0 bridgehead atoms. The van der Waals surface area contributed by atoms with Crippen molar-refractivity contribution in [2.75, 3.05) is 0 Å². The highest BCUT2D eigenvalue weighted by molar-refractivity contribution is 5.64. The first kappa shape index (κ1) is 13.1. The molecule has 0 saturated heterocycles. The Kier molecular flexibility index (Phi) is 4.13. The zero-order valence-electron chi connectivity index (χ0n) is 10.3. The standard InChI is InChI=1S/C14H16O3/c1-5-6-11-7-9-12(10-8-11)16-13(15)17-14(2,3)4/h6-10H,1H2,2-4H3. The monoisotopic (exact) mass is 232 g/mol. The van der Waals surface area contributed by atoms with Crippen LogP contribution in [-0.4, -0.2) is 11.8 Å². The van der Waals surface area contributed by atoms with E-state index in [0.29, 0.717) is 5.75 Å². The molecule has 1 aromatic carbocycles. The maximum Gasteiger partial charge on any atom is 0.514 e. The van der Waals surface area contributed by atoms with Crippen molar-refractivity contribution in [3.63, 3.8) is 0 Å². The number of carbonyl (C=O) groups excluding carboxylic acids is 1. The minimum Gasteiger partial charge on any atom is -0.428 e. The lowest BCUT2D eigenvalue weighted by Crippen LogP contribution is -2.25. The van der Waals surface area contributed by atoms with Gasteiger partial charge in [0.1, 0.15) is 11.4 Å². The summed E-state index contributed by atoms with van der Waals surface area (Å²) >= 11 is 0. The van der Waals surface area contributed by atoms with E-state index in [1.54, 1.807) is 51.1 Å². The van der Waals surface area contributed by atoms with Crippen LogP contribution in [0.15, 0.2) is 36.6 Å². The molecule has 3 nitrogen and oxygen atoms in total. The number of benzene rings is 1. The predicted molar refractivity (Wildman–Crippen MR) is 66.9 cm³/mol. The van der Waals surface area contributed by atoms with Gasteiger partial charge in [0, 0.05) is 0 Å². The van der Waals surface area contributed by atoms with Gasteiger partial charge >= 0.3 is 6.16 Å². The molecule has 0 spiro atoms. The van der Waals surface area contributed by atoms with Gasteiger partial charge in [-0.15, -0.1) is 5.73 Å². The Morgan fingerprint density at radius 2 is 1.88 bits per heavy atom. The van der Waals surface area contributed by atoms with Gasteiger partial charge in [-0.3, -0.25) is 0 Å². The second kappa shape index (κ2) is 5.37. The van der Waals surface area contributed by atoms with Crippen molar-refractivity contribution >= 4 is 12.2 Å². The lowest BCUT2D eigenvalue weighted by Gasteiger charge is -2.18. The Labute approximate surface area is 101 Å². The van der Waals surface area contributed by atoms with Crippen molar-refractivity contribution in [1.29, 1.82) is 0 Å².